The van der Waals surface area contributed by atoms with E-state index in [9.17, 15) is 0 Å². The predicted molar refractivity (Wildman–Crippen MR) is 261 cm³/mol. The van der Waals surface area contributed by atoms with Crippen LogP contribution in [-0.4, -0.2) is 24.5 Å². The number of rotatable bonds is 8. The summed E-state index contributed by atoms with van der Waals surface area (Å²) in [5.41, 5.74) is 11.8. The topological polar surface area (TPSA) is 56.5 Å². The van der Waals surface area contributed by atoms with Gasteiger partial charge in [0.1, 0.15) is 11.6 Å². The second kappa shape index (κ2) is 15.4. The van der Waals surface area contributed by atoms with E-state index < -0.39 is 0 Å². The zero-order chi connectivity index (χ0) is 41.7. The molecule has 0 spiro atoms. The van der Waals surface area contributed by atoms with Crippen molar-refractivity contribution in [2.45, 2.75) is 6.42 Å². The lowest BCUT2D eigenvalue weighted by Gasteiger charge is -2.16. The van der Waals surface area contributed by atoms with Gasteiger partial charge in [0.05, 0.1) is 11.0 Å². The minimum absolute atomic E-state index is 0.418. The quantitative estimate of drug-likeness (QED) is 0.153. The van der Waals surface area contributed by atoms with Crippen LogP contribution in [0, 0.1) is 0 Å². The summed E-state index contributed by atoms with van der Waals surface area (Å²) in [6.07, 6.45) is 2.45. The van der Waals surface area contributed by atoms with Gasteiger partial charge in [0, 0.05) is 65.8 Å². The normalized spacial score (nSPS) is 11.6. The van der Waals surface area contributed by atoms with Gasteiger partial charge in [-0.05, 0) is 70.3 Å². The van der Waals surface area contributed by atoms with E-state index in [1.807, 2.05) is 53.9 Å². The number of hydrogen-bond donors (Lipinski definition) is 0. The lowest BCUT2D eigenvalue weighted by atomic mass is 9.93. The molecule has 0 aliphatic rings. The SMILES string of the molecule is c1ccc(-c2cc(-c3ccccc3)cc(-c3cnc(-n4c5ccccc5c5c6sc7ccccc7c6ccc54)c(Cc4nc(-c5ccccc5)nc(-c5ccccc5)n4)c3)c2)cc1. The van der Waals surface area contributed by atoms with E-state index in [2.05, 4.69) is 174 Å². The van der Waals surface area contributed by atoms with Crippen LogP contribution in [0.15, 0.2) is 212 Å². The molecule has 4 aromatic heterocycles. The van der Waals surface area contributed by atoms with Crippen molar-refractivity contribution in [1.82, 2.24) is 24.5 Å². The second-order valence-electron chi connectivity index (χ2n) is 15.8. The third kappa shape index (κ3) is 6.65. The summed E-state index contributed by atoms with van der Waals surface area (Å²) in [4.78, 5) is 20.9. The standard InChI is InChI=1S/C57H37N5S/c1-5-17-37(18-6-1)41-31-42(38-19-7-2-8-20-38)33-43(32-41)45-34-44(35-52-59-55(39-21-9-3-10-22-39)61-56(60-52)40-23-11-4-12-24-40)57(58-36-45)62-49-27-15-13-26-48(49)53-50(62)30-29-47-46-25-14-16-28-51(46)63-54(47)53/h1-34,36H,35H2. The molecule has 0 fully saturated rings. The number of nitrogens with zero attached hydrogens (tertiary/aromatic N) is 5. The van der Waals surface area contributed by atoms with E-state index >= 15 is 0 Å². The molecule has 0 aliphatic heterocycles. The largest absolute Gasteiger partial charge is 0.293 e. The second-order valence-corrected chi connectivity index (χ2v) is 16.9. The van der Waals surface area contributed by atoms with Crippen molar-refractivity contribution >= 4 is 53.3 Å². The Labute approximate surface area is 368 Å². The van der Waals surface area contributed by atoms with Gasteiger partial charge >= 0.3 is 0 Å². The minimum Gasteiger partial charge on any atom is -0.293 e. The maximum atomic E-state index is 5.48. The molecule has 8 aromatic carbocycles. The van der Waals surface area contributed by atoms with Gasteiger partial charge in [-0.25, -0.2) is 19.9 Å². The highest BCUT2D eigenvalue weighted by Crippen LogP contribution is 2.44. The summed E-state index contributed by atoms with van der Waals surface area (Å²) >= 11 is 1.86. The maximum absolute atomic E-state index is 5.48. The fourth-order valence-electron chi connectivity index (χ4n) is 8.95. The first-order valence-electron chi connectivity index (χ1n) is 21.2. The summed E-state index contributed by atoms with van der Waals surface area (Å²) in [5, 5.41) is 4.99. The summed E-state index contributed by atoms with van der Waals surface area (Å²) in [6.45, 7) is 0. The summed E-state index contributed by atoms with van der Waals surface area (Å²) in [7, 11) is 0. The molecule has 4 heterocycles. The predicted octanol–water partition coefficient (Wildman–Crippen LogP) is 14.7. The Bertz CT molecular complexity index is 3520. The van der Waals surface area contributed by atoms with E-state index in [1.54, 1.807) is 0 Å². The zero-order valence-electron chi connectivity index (χ0n) is 34.1. The molecule has 6 heteroatoms. The molecule has 5 nitrogen and oxygen atoms in total. The molecule has 12 aromatic rings. The number of fused-ring (bicyclic) bond motifs is 7. The van der Waals surface area contributed by atoms with Gasteiger partial charge in [-0.15, -0.1) is 11.3 Å². The fraction of sp³-hybridized carbons (Fsp3) is 0.0175. The van der Waals surface area contributed by atoms with E-state index in [4.69, 9.17) is 19.9 Å². The van der Waals surface area contributed by atoms with Gasteiger partial charge < -0.3 is 0 Å². The molecule has 0 aliphatic carbocycles. The summed E-state index contributed by atoms with van der Waals surface area (Å²) < 4.78 is 4.91. The number of benzene rings is 8. The average Bonchev–Trinajstić information content (AvgIpc) is 3.91. The van der Waals surface area contributed by atoms with E-state index in [0.29, 0.717) is 23.9 Å². The molecular formula is C57H37N5S. The summed E-state index contributed by atoms with van der Waals surface area (Å²) in [6, 6.07) is 72.7. The molecule has 12 rings (SSSR count). The van der Waals surface area contributed by atoms with Gasteiger partial charge in [-0.1, -0.05) is 164 Å². The number of thiophene rings is 1. The Morgan fingerprint density at radius 3 is 1.54 bits per heavy atom. The van der Waals surface area contributed by atoms with E-state index in [1.165, 1.54) is 30.9 Å². The molecule has 0 N–H and O–H groups in total. The first-order chi connectivity index (χ1) is 31.2. The van der Waals surface area contributed by atoms with Gasteiger partial charge in [0.25, 0.3) is 0 Å². The van der Waals surface area contributed by atoms with Gasteiger partial charge in [-0.2, -0.15) is 0 Å². The van der Waals surface area contributed by atoms with Crippen LogP contribution in [0.25, 0.3) is 104 Å². The number of para-hydroxylation sites is 1. The molecule has 0 radical (unpaired) electrons. The van der Waals surface area contributed by atoms with Gasteiger partial charge in [-0.3, -0.25) is 4.57 Å². The monoisotopic (exact) mass is 823 g/mol. The number of hydrogen-bond acceptors (Lipinski definition) is 5. The van der Waals surface area contributed by atoms with Gasteiger partial charge in [0.15, 0.2) is 11.6 Å². The molecule has 0 unspecified atom stereocenters. The Morgan fingerprint density at radius 2 is 0.921 bits per heavy atom. The fourth-order valence-corrected chi connectivity index (χ4v) is 10.2. The van der Waals surface area contributed by atoms with Crippen molar-refractivity contribution < 1.29 is 0 Å². The zero-order valence-corrected chi connectivity index (χ0v) is 34.9. The molecular weight excluding hydrogens is 787 g/mol. The van der Waals surface area contributed by atoms with Crippen molar-refractivity contribution in [2.24, 2.45) is 0 Å². The smallest absolute Gasteiger partial charge is 0.163 e. The Kier molecular flexibility index (Phi) is 9.01. The Balaban J connectivity index is 1.11. The molecule has 0 saturated carbocycles. The van der Waals surface area contributed by atoms with Crippen molar-refractivity contribution in [2.75, 3.05) is 0 Å². The average molecular weight is 824 g/mol. The van der Waals surface area contributed by atoms with Crippen LogP contribution in [0.1, 0.15) is 11.4 Å². The third-order valence-electron chi connectivity index (χ3n) is 11.9. The van der Waals surface area contributed by atoms with Crippen molar-refractivity contribution in [1.29, 1.82) is 0 Å². The maximum Gasteiger partial charge on any atom is 0.163 e. The minimum atomic E-state index is 0.418. The van der Waals surface area contributed by atoms with Crippen molar-refractivity contribution in [3.8, 4) is 62.0 Å². The van der Waals surface area contributed by atoms with E-state index in [0.717, 1.165) is 66.9 Å². The van der Waals surface area contributed by atoms with Crippen LogP contribution >= 0.6 is 11.3 Å². The van der Waals surface area contributed by atoms with E-state index in [-0.39, 0.29) is 0 Å². The Morgan fingerprint density at radius 1 is 0.397 bits per heavy atom. The van der Waals surface area contributed by atoms with Crippen LogP contribution in [0.4, 0.5) is 0 Å². The highest BCUT2D eigenvalue weighted by Gasteiger charge is 2.22. The molecule has 0 saturated heterocycles. The number of pyridine rings is 1. The lowest BCUT2D eigenvalue weighted by molar-refractivity contribution is 0.914. The first-order valence-corrected chi connectivity index (χ1v) is 22.0. The van der Waals surface area contributed by atoms with Crippen LogP contribution in [0.2, 0.25) is 0 Å². The highest BCUT2D eigenvalue weighted by molar-refractivity contribution is 7.26. The lowest BCUT2D eigenvalue weighted by Crippen LogP contribution is -2.08. The van der Waals surface area contributed by atoms with Crippen molar-refractivity contribution in [3.63, 3.8) is 0 Å². The molecule has 63 heavy (non-hydrogen) atoms. The van der Waals surface area contributed by atoms with Crippen LogP contribution in [0.5, 0.6) is 0 Å². The summed E-state index contributed by atoms with van der Waals surface area (Å²) in [5.74, 6) is 2.78. The molecule has 0 atom stereocenters. The Hall–Kier alpha value is -8.06. The van der Waals surface area contributed by atoms with Gasteiger partial charge in [0.2, 0.25) is 0 Å². The third-order valence-corrected chi connectivity index (χ3v) is 13.1. The molecule has 0 bridgehead atoms. The first kappa shape index (κ1) is 36.8. The molecule has 0 amide bonds. The van der Waals surface area contributed by atoms with Crippen LogP contribution in [0.3, 0.4) is 0 Å². The van der Waals surface area contributed by atoms with Crippen LogP contribution in [-0.2, 0) is 6.42 Å². The van der Waals surface area contributed by atoms with Crippen molar-refractivity contribution in [3.05, 3.63) is 224 Å². The molecule has 296 valence electrons. The number of aromatic nitrogens is 5. The van der Waals surface area contributed by atoms with Crippen LogP contribution < -0.4 is 0 Å². The highest BCUT2D eigenvalue weighted by atomic mass is 32.1.